The number of hydrogen-bond donors (Lipinski definition) is 0. The standard InChI is InChI=1S/C12H11BrF2O/c13-8-4-5-9(14)11(12(8)15)10(16)6-7-2-1-3-7/h4-5,7H,1-3,6H2. The summed E-state index contributed by atoms with van der Waals surface area (Å²) in [6.45, 7) is 0. The molecule has 0 atom stereocenters. The molecule has 0 heterocycles. The largest absolute Gasteiger partial charge is 0.294 e. The molecule has 1 aromatic carbocycles. The number of ketones is 1. The Labute approximate surface area is 101 Å². The maximum absolute atomic E-state index is 13.6. The van der Waals surface area contributed by atoms with Crippen LogP contribution in [0.15, 0.2) is 16.6 Å². The number of benzene rings is 1. The molecule has 86 valence electrons. The highest BCUT2D eigenvalue weighted by Crippen LogP contribution is 2.32. The van der Waals surface area contributed by atoms with E-state index in [1.54, 1.807) is 0 Å². The molecule has 0 saturated heterocycles. The SMILES string of the molecule is O=C(CC1CCC1)c1c(F)ccc(Br)c1F. The lowest BCUT2D eigenvalue weighted by atomic mass is 9.81. The molecule has 0 radical (unpaired) electrons. The quantitative estimate of drug-likeness (QED) is 0.605. The monoisotopic (exact) mass is 288 g/mol. The molecule has 4 heteroatoms. The van der Waals surface area contributed by atoms with Gasteiger partial charge in [-0.2, -0.15) is 0 Å². The van der Waals surface area contributed by atoms with Crippen molar-refractivity contribution in [2.45, 2.75) is 25.7 Å². The molecular weight excluding hydrogens is 278 g/mol. The molecule has 16 heavy (non-hydrogen) atoms. The van der Waals surface area contributed by atoms with Crippen molar-refractivity contribution in [1.29, 1.82) is 0 Å². The molecule has 0 unspecified atom stereocenters. The molecule has 0 aromatic heterocycles. The van der Waals surface area contributed by atoms with Gasteiger partial charge in [-0.1, -0.05) is 19.3 Å². The van der Waals surface area contributed by atoms with Crippen LogP contribution in [0.25, 0.3) is 0 Å². The summed E-state index contributed by atoms with van der Waals surface area (Å²) in [5.41, 5.74) is -0.402. The Kier molecular flexibility index (Phi) is 3.38. The number of carbonyl (C=O) groups is 1. The zero-order valence-corrected chi connectivity index (χ0v) is 10.2. The second-order valence-electron chi connectivity index (χ2n) is 4.14. The first-order valence-electron chi connectivity index (χ1n) is 5.26. The number of hydrogen-bond acceptors (Lipinski definition) is 1. The lowest BCUT2D eigenvalue weighted by Crippen LogP contribution is -2.17. The predicted molar refractivity (Wildman–Crippen MR) is 60.3 cm³/mol. The van der Waals surface area contributed by atoms with E-state index in [1.807, 2.05) is 0 Å². The predicted octanol–water partition coefficient (Wildman–Crippen LogP) is 4.10. The van der Waals surface area contributed by atoms with Crippen molar-refractivity contribution < 1.29 is 13.6 Å². The molecule has 1 fully saturated rings. The Morgan fingerprint density at radius 1 is 1.38 bits per heavy atom. The van der Waals surface area contributed by atoms with Gasteiger partial charge in [-0.25, -0.2) is 8.78 Å². The van der Waals surface area contributed by atoms with E-state index < -0.39 is 23.0 Å². The van der Waals surface area contributed by atoms with Gasteiger partial charge >= 0.3 is 0 Å². The van der Waals surface area contributed by atoms with Crippen LogP contribution in [0.4, 0.5) is 8.78 Å². The highest BCUT2D eigenvalue weighted by Gasteiger charge is 2.25. The zero-order valence-electron chi connectivity index (χ0n) is 8.60. The minimum absolute atomic E-state index is 0.130. The smallest absolute Gasteiger partial charge is 0.169 e. The van der Waals surface area contributed by atoms with E-state index in [2.05, 4.69) is 15.9 Å². The second-order valence-corrected chi connectivity index (χ2v) is 5.00. The van der Waals surface area contributed by atoms with Crippen molar-refractivity contribution >= 4 is 21.7 Å². The van der Waals surface area contributed by atoms with Gasteiger partial charge in [0.2, 0.25) is 0 Å². The molecule has 1 aromatic rings. The maximum Gasteiger partial charge on any atom is 0.169 e. The van der Waals surface area contributed by atoms with E-state index in [9.17, 15) is 13.6 Å². The molecule has 0 N–H and O–H groups in total. The summed E-state index contributed by atoms with van der Waals surface area (Å²) < 4.78 is 27.1. The van der Waals surface area contributed by atoms with Crippen molar-refractivity contribution in [2.24, 2.45) is 5.92 Å². The van der Waals surface area contributed by atoms with E-state index in [1.165, 1.54) is 6.07 Å². The minimum Gasteiger partial charge on any atom is -0.294 e. The van der Waals surface area contributed by atoms with Crippen LogP contribution in [-0.4, -0.2) is 5.78 Å². The third-order valence-corrected chi connectivity index (χ3v) is 3.63. The summed E-state index contributed by atoms with van der Waals surface area (Å²) in [7, 11) is 0. The first-order valence-corrected chi connectivity index (χ1v) is 6.05. The molecule has 1 saturated carbocycles. The summed E-state index contributed by atoms with van der Waals surface area (Å²) in [5, 5.41) is 0. The van der Waals surface area contributed by atoms with E-state index in [4.69, 9.17) is 0 Å². The van der Waals surface area contributed by atoms with E-state index in [0.717, 1.165) is 25.3 Å². The second kappa shape index (κ2) is 4.62. The Hall–Kier alpha value is -0.770. The van der Waals surface area contributed by atoms with E-state index >= 15 is 0 Å². The summed E-state index contributed by atoms with van der Waals surface area (Å²) in [4.78, 5) is 11.7. The first kappa shape index (κ1) is 11.7. The Morgan fingerprint density at radius 2 is 2.06 bits per heavy atom. The van der Waals surface area contributed by atoms with Crippen LogP contribution in [0.2, 0.25) is 0 Å². The van der Waals surface area contributed by atoms with Crippen molar-refractivity contribution in [1.82, 2.24) is 0 Å². The summed E-state index contributed by atoms with van der Waals surface area (Å²) in [6, 6.07) is 2.38. The minimum atomic E-state index is -0.788. The molecule has 2 rings (SSSR count). The fourth-order valence-electron chi connectivity index (χ4n) is 1.84. The van der Waals surface area contributed by atoms with Gasteiger partial charge in [0, 0.05) is 6.42 Å². The Morgan fingerprint density at radius 3 is 2.62 bits per heavy atom. The van der Waals surface area contributed by atoms with Crippen molar-refractivity contribution in [3.05, 3.63) is 33.8 Å². The van der Waals surface area contributed by atoms with Gasteiger partial charge in [0.25, 0.3) is 0 Å². The van der Waals surface area contributed by atoms with Crippen molar-refractivity contribution in [3.8, 4) is 0 Å². The summed E-state index contributed by atoms with van der Waals surface area (Å²) >= 11 is 2.95. The fourth-order valence-corrected chi connectivity index (χ4v) is 2.17. The van der Waals surface area contributed by atoms with Crippen molar-refractivity contribution in [2.75, 3.05) is 0 Å². The first-order chi connectivity index (χ1) is 7.59. The maximum atomic E-state index is 13.6. The third-order valence-electron chi connectivity index (χ3n) is 3.02. The molecular formula is C12H11BrF2O. The van der Waals surface area contributed by atoms with Gasteiger partial charge in [0.15, 0.2) is 11.6 Å². The highest BCUT2D eigenvalue weighted by atomic mass is 79.9. The van der Waals surface area contributed by atoms with Crippen LogP contribution in [0, 0.1) is 17.6 Å². The van der Waals surface area contributed by atoms with Crippen LogP contribution in [0.3, 0.4) is 0 Å². The van der Waals surface area contributed by atoms with E-state index in [-0.39, 0.29) is 10.9 Å². The normalized spacial score (nSPS) is 15.9. The van der Waals surface area contributed by atoms with E-state index in [0.29, 0.717) is 5.92 Å². The fraction of sp³-hybridized carbons (Fsp3) is 0.417. The molecule has 0 amide bonds. The molecule has 1 aliphatic rings. The van der Waals surface area contributed by atoms with Crippen molar-refractivity contribution in [3.63, 3.8) is 0 Å². The van der Waals surface area contributed by atoms with Crippen LogP contribution >= 0.6 is 15.9 Å². The van der Waals surface area contributed by atoms with Gasteiger partial charge in [-0.3, -0.25) is 4.79 Å². The summed E-state index contributed by atoms with van der Waals surface area (Å²) in [5.74, 6) is -1.68. The molecule has 1 nitrogen and oxygen atoms in total. The molecule has 0 spiro atoms. The van der Waals surface area contributed by atoms with Gasteiger partial charge in [-0.15, -0.1) is 0 Å². The summed E-state index contributed by atoms with van der Waals surface area (Å²) in [6.07, 6.45) is 3.34. The number of carbonyl (C=O) groups excluding carboxylic acids is 1. The topological polar surface area (TPSA) is 17.1 Å². The average molecular weight is 289 g/mol. The van der Waals surface area contributed by atoms with Gasteiger partial charge < -0.3 is 0 Å². The highest BCUT2D eigenvalue weighted by molar-refractivity contribution is 9.10. The van der Waals surface area contributed by atoms with Gasteiger partial charge in [0.1, 0.15) is 5.82 Å². The number of rotatable bonds is 3. The lowest BCUT2D eigenvalue weighted by molar-refractivity contribution is 0.0928. The zero-order chi connectivity index (χ0) is 11.7. The van der Waals surface area contributed by atoms with Gasteiger partial charge in [-0.05, 0) is 34.0 Å². The van der Waals surface area contributed by atoms with Crippen LogP contribution in [0.1, 0.15) is 36.0 Å². The Balaban J connectivity index is 2.24. The van der Waals surface area contributed by atoms with Gasteiger partial charge in [0.05, 0.1) is 10.0 Å². The molecule has 0 bridgehead atoms. The van der Waals surface area contributed by atoms with Crippen LogP contribution in [0.5, 0.6) is 0 Å². The number of halogens is 3. The Bertz CT molecular complexity index is 427. The number of Topliss-reactive ketones (excluding diaryl/α,β-unsaturated/α-hetero) is 1. The average Bonchev–Trinajstić information content (AvgIpc) is 2.18. The third kappa shape index (κ3) is 2.17. The molecule has 0 aliphatic heterocycles. The van der Waals surface area contributed by atoms with Crippen LogP contribution in [-0.2, 0) is 0 Å². The van der Waals surface area contributed by atoms with Crippen LogP contribution < -0.4 is 0 Å². The lowest BCUT2D eigenvalue weighted by Gasteiger charge is -2.24. The molecule has 1 aliphatic carbocycles.